The van der Waals surface area contributed by atoms with Gasteiger partial charge in [-0.1, -0.05) is 57.0 Å². The van der Waals surface area contributed by atoms with Crippen LogP contribution in [0.15, 0.2) is 45.4 Å². The summed E-state index contributed by atoms with van der Waals surface area (Å²) >= 11 is 6.05. The van der Waals surface area contributed by atoms with Gasteiger partial charge in [0.25, 0.3) is 0 Å². The summed E-state index contributed by atoms with van der Waals surface area (Å²) in [6.45, 7) is 12.6. The molecule has 140 valence electrons. The molecule has 1 aliphatic rings. The highest BCUT2D eigenvalue weighted by Crippen LogP contribution is 2.39. The van der Waals surface area contributed by atoms with Crippen LogP contribution in [-0.2, 0) is 5.41 Å². The number of allylic oxidation sites excluding steroid dienone is 4. The molecule has 0 aliphatic heterocycles. The van der Waals surface area contributed by atoms with E-state index in [0.717, 1.165) is 28.1 Å². The molecule has 0 radical (unpaired) electrons. The minimum absolute atomic E-state index is 0.0165. The lowest BCUT2D eigenvalue weighted by atomic mass is 9.81. The predicted octanol–water partition coefficient (Wildman–Crippen LogP) is 5.69. The Bertz CT molecular complexity index is 810. The van der Waals surface area contributed by atoms with E-state index < -0.39 is 0 Å². The Labute approximate surface area is 162 Å². The van der Waals surface area contributed by atoms with Gasteiger partial charge in [0.1, 0.15) is 5.75 Å². The maximum atomic E-state index is 10.9. The van der Waals surface area contributed by atoms with Crippen LogP contribution in [0, 0.1) is 6.92 Å². The lowest BCUT2D eigenvalue weighted by molar-refractivity contribution is 0.431. The van der Waals surface area contributed by atoms with E-state index in [2.05, 4.69) is 58.7 Å². The molecular formula is C22H29ClN2O. The van der Waals surface area contributed by atoms with Crippen molar-refractivity contribution in [1.82, 2.24) is 0 Å². The van der Waals surface area contributed by atoms with E-state index in [-0.39, 0.29) is 17.4 Å². The molecule has 1 aromatic rings. The summed E-state index contributed by atoms with van der Waals surface area (Å²) in [7, 11) is 1.74. The summed E-state index contributed by atoms with van der Waals surface area (Å²) in [6, 6.07) is 4.12. The summed E-state index contributed by atoms with van der Waals surface area (Å²) < 4.78 is 0. The second-order valence-electron chi connectivity index (χ2n) is 8.02. The van der Waals surface area contributed by atoms with Crippen molar-refractivity contribution >= 4 is 23.0 Å². The summed E-state index contributed by atoms with van der Waals surface area (Å²) in [6.07, 6.45) is 5.54. The molecule has 0 saturated carbocycles. The monoisotopic (exact) mass is 372 g/mol. The first-order valence-electron chi connectivity index (χ1n) is 8.98. The molecule has 0 saturated heterocycles. The van der Waals surface area contributed by atoms with Crippen LogP contribution in [0.2, 0.25) is 0 Å². The number of rotatable bonds is 3. The van der Waals surface area contributed by atoms with Crippen molar-refractivity contribution in [1.29, 1.82) is 0 Å². The van der Waals surface area contributed by atoms with Gasteiger partial charge in [-0.15, -0.1) is 0 Å². The molecule has 1 N–H and O–H groups in total. The maximum Gasteiger partial charge on any atom is 0.122 e. The largest absolute Gasteiger partial charge is 0.507 e. The number of aryl methyl sites for hydroxylation is 1. The average Bonchev–Trinajstić information content (AvgIpc) is 2.56. The van der Waals surface area contributed by atoms with E-state index in [0.29, 0.717) is 10.8 Å². The molecule has 3 nitrogen and oxygen atoms in total. The molecule has 2 rings (SSSR count). The summed E-state index contributed by atoms with van der Waals surface area (Å²) in [5.41, 5.74) is 4.55. The van der Waals surface area contributed by atoms with E-state index in [1.165, 1.54) is 0 Å². The third-order valence-corrected chi connectivity index (χ3v) is 5.06. The fourth-order valence-corrected chi connectivity index (χ4v) is 3.27. The van der Waals surface area contributed by atoms with Crippen LogP contribution in [0.25, 0.3) is 0 Å². The van der Waals surface area contributed by atoms with Gasteiger partial charge in [-0.3, -0.25) is 9.98 Å². The van der Waals surface area contributed by atoms with Gasteiger partial charge in [0, 0.05) is 18.0 Å². The number of aliphatic imine (C=N–C) groups is 2. The van der Waals surface area contributed by atoms with Gasteiger partial charge in [-0.25, -0.2) is 0 Å². The van der Waals surface area contributed by atoms with Gasteiger partial charge in [-0.2, -0.15) is 0 Å². The summed E-state index contributed by atoms with van der Waals surface area (Å²) in [5, 5.41) is 11.5. The second-order valence-corrected chi connectivity index (χ2v) is 8.45. The standard InChI is InChI=1S/C22H29ClN2O/c1-13-10-17(21(26)18(11-13)22(4,5)6)14(2)15(3)25-19-9-8-16(23)12-20(19)24-7/h8-12,14-15,26H,1-7H3. The number of halogens is 1. The Hall–Kier alpha value is -1.87. The third-order valence-electron chi connectivity index (χ3n) is 4.83. The fraction of sp³-hybridized carbons (Fsp3) is 0.455. The number of hydrogen-bond donors (Lipinski definition) is 1. The molecule has 4 heteroatoms. The highest BCUT2D eigenvalue weighted by atomic mass is 35.5. The third kappa shape index (κ3) is 4.45. The quantitative estimate of drug-likeness (QED) is 0.680. The van der Waals surface area contributed by atoms with Crippen LogP contribution in [0.5, 0.6) is 5.75 Å². The topological polar surface area (TPSA) is 45.0 Å². The molecule has 1 aliphatic carbocycles. The van der Waals surface area contributed by atoms with Crippen molar-refractivity contribution in [3.63, 3.8) is 0 Å². The van der Waals surface area contributed by atoms with Crippen LogP contribution in [0.3, 0.4) is 0 Å². The number of phenols is 1. The van der Waals surface area contributed by atoms with Crippen molar-refractivity contribution in [2.45, 2.75) is 58.9 Å². The lowest BCUT2D eigenvalue weighted by Gasteiger charge is -2.26. The molecule has 0 spiro atoms. The zero-order valence-electron chi connectivity index (χ0n) is 16.8. The van der Waals surface area contributed by atoms with Crippen molar-refractivity contribution in [3.05, 3.63) is 52.1 Å². The van der Waals surface area contributed by atoms with E-state index in [1.54, 1.807) is 7.05 Å². The Balaban J connectivity index is 2.41. The number of nitrogens with zero attached hydrogens (tertiary/aromatic N) is 2. The first-order valence-corrected chi connectivity index (χ1v) is 9.36. The summed E-state index contributed by atoms with van der Waals surface area (Å²) in [4.78, 5) is 9.11. The van der Waals surface area contributed by atoms with Gasteiger partial charge in [0.2, 0.25) is 0 Å². The zero-order chi connectivity index (χ0) is 19.6. The molecule has 0 amide bonds. The number of benzene rings is 1. The molecular weight excluding hydrogens is 344 g/mol. The number of phenolic OH excluding ortho intramolecular Hbond substituents is 1. The number of hydrogen-bond acceptors (Lipinski definition) is 3. The van der Waals surface area contributed by atoms with Gasteiger partial charge >= 0.3 is 0 Å². The Morgan fingerprint density at radius 3 is 2.31 bits per heavy atom. The van der Waals surface area contributed by atoms with Crippen LogP contribution >= 0.6 is 11.6 Å². The highest BCUT2D eigenvalue weighted by molar-refractivity contribution is 6.53. The minimum atomic E-state index is -0.116. The Morgan fingerprint density at radius 1 is 1.08 bits per heavy atom. The van der Waals surface area contributed by atoms with Crippen LogP contribution < -0.4 is 0 Å². The van der Waals surface area contributed by atoms with E-state index >= 15 is 0 Å². The molecule has 0 heterocycles. The molecule has 0 fully saturated rings. The fourth-order valence-electron chi connectivity index (χ4n) is 3.10. The minimum Gasteiger partial charge on any atom is -0.507 e. The van der Waals surface area contributed by atoms with Gasteiger partial charge in [0.15, 0.2) is 0 Å². The van der Waals surface area contributed by atoms with Crippen molar-refractivity contribution in [3.8, 4) is 5.75 Å². The van der Waals surface area contributed by atoms with Crippen molar-refractivity contribution in [2.24, 2.45) is 9.98 Å². The van der Waals surface area contributed by atoms with Crippen molar-refractivity contribution in [2.75, 3.05) is 7.05 Å². The first-order chi connectivity index (χ1) is 12.0. The summed E-state index contributed by atoms with van der Waals surface area (Å²) in [5.74, 6) is 0.450. The van der Waals surface area contributed by atoms with E-state index in [4.69, 9.17) is 16.6 Å². The van der Waals surface area contributed by atoms with Crippen molar-refractivity contribution < 1.29 is 5.11 Å². The second kappa shape index (κ2) is 7.79. The van der Waals surface area contributed by atoms with Gasteiger partial charge in [0.05, 0.1) is 17.5 Å². The van der Waals surface area contributed by atoms with Gasteiger partial charge < -0.3 is 5.11 Å². The zero-order valence-corrected chi connectivity index (χ0v) is 17.5. The first kappa shape index (κ1) is 20.4. The van der Waals surface area contributed by atoms with E-state index in [1.807, 2.05) is 18.2 Å². The maximum absolute atomic E-state index is 10.9. The molecule has 1 aromatic carbocycles. The SMILES string of the molecule is CN=C1C=C(Cl)C=CC1=NC(C)C(C)c1cc(C)cc(C(C)(C)C)c1O. The molecule has 26 heavy (non-hydrogen) atoms. The molecule has 0 aromatic heterocycles. The smallest absolute Gasteiger partial charge is 0.122 e. The normalized spacial score (nSPS) is 20.4. The lowest BCUT2D eigenvalue weighted by Crippen LogP contribution is -2.19. The molecule has 2 atom stereocenters. The van der Waals surface area contributed by atoms with Crippen LogP contribution in [0.1, 0.15) is 57.2 Å². The number of aromatic hydroxyl groups is 1. The Morgan fingerprint density at radius 2 is 1.73 bits per heavy atom. The molecule has 2 unspecified atom stereocenters. The van der Waals surface area contributed by atoms with Crippen LogP contribution in [0.4, 0.5) is 0 Å². The Kier molecular flexibility index (Phi) is 6.13. The van der Waals surface area contributed by atoms with E-state index in [9.17, 15) is 5.11 Å². The average molecular weight is 373 g/mol. The molecule has 0 bridgehead atoms. The predicted molar refractivity (Wildman–Crippen MR) is 113 cm³/mol. The van der Waals surface area contributed by atoms with Gasteiger partial charge in [-0.05, 0) is 48.6 Å². The highest BCUT2D eigenvalue weighted by Gasteiger charge is 2.25. The van der Waals surface area contributed by atoms with Crippen LogP contribution in [-0.4, -0.2) is 29.6 Å².